The second kappa shape index (κ2) is 5.99. The molecular weight excluding hydrogens is 200 g/mol. The molecule has 0 aromatic heterocycles. The number of hydrogen-bond donors (Lipinski definition) is 2. The zero-order valence-corrected chi connectivity index (χ0v) is 10.5. The molecule has 2 rings (SSSR count). The molecule has 94 valence electrons. The number of hydrazine groups is 1. The maximum absolute atomic E-state index is 5.79. The Balaban J connectivity index is 1.96. The summed E-state index contributed by atoms with van der Waals surface area (Å²) in [7, 11) is 0. The highest BCUT2D eigenvalue weighted by molar-refractivity contribution is 4.88. The van der Waals surface area contributed by atoms with Gasteiger partial charge in [0.2, 0.25) is 0 Å². The van der Waals surface area contributed by atoms with Crippen molar-refractivity contribution in [2.45, 2.75) is 64.0 Å². The molecule has 3 heteroatoms. The van der Waals surface area contributed by atoms with Crippen LogP contribution in [-0.2, 0) is 4.74 Å². The van der Waals surface area contributed by atoms with Gasteiger partial charge in [-0.15, -0.1) is 0 Å². The van der Waals surface area contributed by atoms with E-state index >= 15 is 0 Å². The second-order valence-corrected chi connectivity index (χ2v) is 5.47. The lowest BCUT2D eigenvalue weighted by Gasteiger charge is -2.32. The van der Waals surface area contributed by atoms with Crippen LogP contribution in [0.15, 0.2) is 0 Å². The Kier molecular flexibility index (Phi) is 4.62. The molecule has 3 N–H and O–H groups in total. The van der Waals surface area contributed by atoms with Crippen LogP contribution < -0.4 is 11.3 Å². The van der Waals surface area contributed by atoms with Crippen molar-refractivity contribution in [1.29, 1.82) is 0 Å². The average Bonchev–Trinajstić information content (AvgIpc) is 2.57. The van der Waals surface area contributed by atoms with Crippen molar-refractivity contribution in [2.75, 3.05) is 6.61 Å². The quantitative estimate of drug-likeness (QED) is 0.441. The summed E-state index contributed by atoms with van der Waals surface area (Å²) in [4.78, 5) is 0. The fraction of sp³-hybridized carbons (Fsp3) is 1.00. The molecule has 0 aromatic carbocycles. The second-order valence-electron chi connectivity index (χ2n) is 5.47. The first-order valence-corrected chi connectivity index (χ1v) is 6.90. The lowest BCUT2D eigenvalue weighted by molar-refractivity contribution is 0.0843. The van der Waals surface area contributed by atoms with Crippen LogP contribution in [0.4, 0.5) is 0 Å². The summed E-state index contributed by atoms with van der Waals surface area (Å²) < 4.78 is 5.67. The molecule has 0 amide bonds. The van der Waals surface area contributed by atoms with Gasteiger partial charge in [-0.25, -0.2) is 0 Å². The van der Waals surface area contributed by atoms with Gasteiger partial charge >= 0.3 is 0 Å². The van der Waals surface area contributed by atoms with Crippen molar-refractivity contribution in [3.05, 3.63) is 0 Å². The Hall–Kier alpha value is -0.120. The molecule has 1 aliphatic carbocycles. The molecule has 0 bridgehead atoms. The van der Waals surface area contributed by atoms with Crippen molar-refractivity contribution in [3.8, 4) is 0 Å². The largest absolute Gasteiger partial charge is 0.378 e. The highest BCUT2D eigenvalue weighted by atomic mass is 16.5. The molecule has 16 heavy (non-hydrogen) atoms. The van der Waals surface area contributed by atoms with Crippen molar-refractivity contribution < 1.29 is 4.74 Å². The van der Waals surface area contributed by atoms with Crippen molar-refractivity contribution in [1.82, 2.24) is 5.43 Å². The lowest BCUT2D eigenvalue weighted by Crippen LogP contribution is -2.48. The van der Waals surface area contributed by atoms with E-state index in [-0.39, 0.29) is 0 Å². The van der Waals surface area contributed by atoms with Crippen LogP contribution in [0, 0.1) is 11.8 Å². The van der Waals surface area contributed by atoms with E-state index in [1.165, 1.54) is 44.9 Å². The number of nitrogens with two attached hydrogens (primary N) is 1. The molecule has 3 nitrogen and oxygen atoms in total. The van der Waals surface area contributed by atoms with Gasteiger partial charge in [-0.05, 0) is 32.1 Å². The summed E-state index contributed by atoms with van der Waals surface area (Å²) in [5.74, 6) is 7.18. The van der Waals surface area contributed by atoms with Crippen molar-refractivity contribution in [3.63, 3.8) is 0 Å². The highest BCUT2D eigenvalue weighted by Gasteiger charge is 2.35. The number of ether oxygens (including phenoxy) is 1. The normalized spacial score (nSPS) is 34.9. The van der Waals surface area contributed by atoms with Crippen molar-refractivity contribution >= 4 is 0 Å². The first-order chi connectivity index (χ1) is 7.83. The third kappa shape index (κ3) is 2.76. The van der Waals surface area contributed by atoms with Crippen LogP contribution in [-0.4, -0.2) is 18.8 Å². The maximum atomic E-state index is 5.79. The Bertz CT molecular complexity index is 202. The van der Waals surface area contributed by atoms with Crippen LogP contribution in [0.3, 0.4) is 0 Å². The van der Waals surface area contributed by atoms with E-state index < -0.39 is 0 Å². The standard InChI is InChI=1S/C13H26N2O/c1-10-12(8-9-16-10)13(15-14)11-6-4-2-3-5-7-11/h10-13,15H,2-9,14H2,1H3. The van der Waals surface area contributed by atoms with Gasteiger partial charge in [0.05, 0.1) is 6.10 Å². The number of hydrogen-bond acceptors (Lipinski definition) is 3. The van der Waals surface area contributed by atoms with E-state index in [2.05, 4.69) is 12.3 Å². The summed E-state index contributed by atoms with van der Waals surface area (Å²) in [6.07, 6.45) is 9.82. The Morgan fingerprint density at radius 2 is 1.81 bits per heavy atom. The van der Waals surface area contributed by atoms with E-state index in [9.17, 15) is 0 Å². The van der Waals surface area contributed by atoms with Crippen LogP contribution >= 0.6 is 0 Å². The molecule has 0 spiro atoms. The van der Waals surface area contributed by atoms with E-state index in [1.807, 2.05) is 0 Å². The Labute approximate surface area is 99.1 Å². The lowest BCUT2D eigenvalue weighted by atomic mass is 9.81. The SMILES string of the molecule is CC1OCCC1C(NN)C1CCCCCC1. The fourth-order valence-corrected chi connectivity index (χ4v) is 3.50. The third-order valence-electron chi connectivity index (χ3n) is 4.50. The van der Waals surface area contributed by atoms with Gasteiger partial charge in [0, 0.05) is 18.6 Å². The molecule has 3 atom stereocenters. The maximum Gasteiger partial charge on any atom is 0.0591 e. The zero-order valence-electron chi connectivity index (χ0n) is 10.5. The van der Waals surface area contributed by atoms with E-state index in [1.54, 1.807) is 0 Å². The minimum absolute atomic E-state index is 0.379. The Morgan fingerprint density at radius 1 is 1.12 bits per heavy atom. The summed E-state index contributed by atoms with van der Waals surface area (Å²) in [6.45, 7) is 3.11. The number of nitrogens with one attached hydrogen (secondary N) is 1. The van der Waals surface area contributed by atoms with E-state index in [0.29, 0.717) is 18.1 Å². The molecular formula is C13H26N2O. The third-order valence-corrected chi connectivity index (χ3v) is 4.50. The first-order valence-electron chi connectivity index (χ1n) is 6.90. The van der Waals surface area contributed by atoms with Crippen LogP contribution in [0.5, 0.6) is 0 Å². The Morgan fingerprint density at radius 3 is 2.31 bits per heavy atom. The summed E-state index contributed by atoms with van der Waals surface area (Å²) >= 11 is 0. The van der Waals surface area contributed by atoms with Gasteiger partial charge in [-0.1, -0.05) is 25.7 Å². The van der Waals surface area contributed by atoms with Crippen LogP contribution in [0.2, 0.25) is 0 Å². The highest BCUT2D eigenvalue weighted by Crippen LogP contribution is 2.33. The van der Waals surface area contributed by atoms with Gasteiger partial charge in [-0.2, -0.15) is 0 Å². The molecule has 1 heterocycles. The molecule has 0 radical (unpaired) electrons. The predicted molar refractivity (Wildman–Crippen MR) is 65.8 cm³/mol. The molecule has 2 fully saturated rings. The monoisotopic (exact) mass is 226 g/mol. The van der Waals surface area contributed by atoms with E-state index in [4.69, 9.17) is 10.6 Å². The summed E-state index contributed by atoms with van der Waals surface area (Å²) in [5, 5.41) is 0. The van der Waals surface area contributed by atoms with Gasteiger partial charge in [0.25, 0.3) is 0 Å². The van der Waals surface area contributed by atoms with Gasteiger partial charge < -0.3 is 4.74 Å². The first kappa shape index (κ1) is 12.3. The smallest absolute Gasteiger partial charge is 0.0591 e. The average molecular weight is 226 g/mol. The summed E-state index contributed by atoms with van der Waals surface area (Å²) in [5.41, 5.74) is 3.09. The molecule has 3 unspecified atom stereocenters. The predicted octanol–water partition coefficient (Wildman–Crippen LogP) is 2.21. The van der Waals surface area contributed by atoms with Crippen LogP contribution in [0.25, 0.3) is 0 Å². The molecule has 1 aliphatic heterocycles. The van der Waals surface area contributed by atoms with Gasteiger partial charge in [0.15, 0.2) is 0 Å². The molecule has 1 saturated carbocycles. The van der Waals surface area contributed by atoms with Gasteiger partial charge in [0.1, 0.15) is 0 Å². The van der Waals surface area contributed by atoms with Crippen LogP contribution in [0.1, 0.15) is 51.9 Å². The zero-order chi connectivity index (χ0) is 11.4. The van der Waals surface area contributed by atoms with E-state index in [0.717, 1.165) is 12.5 Å². The van der Waals surface area contributed by atoms with Crippen molar-refractivity contribution in [2.24, 2.45) is 17.7 Å². The fourth-order valence-electron chi connectivity index (χ4n) is 3.50. The molecule has 0 aromatic rings. The summed E-state index contributed by atoms with van der Waals surface area (Å²) in [6, 6.07) is 0.468. The minimum atomic E-state index is 0.379. The van der Waals surface area contributed by atoms with Gasteiger partial charge in [-0.3, -0.25) is 11.3 Å². The minimum Gasteiger partial charge on any atom is -0.378 e. The topological polar surface area (TPSA) is 47.3 Å². The molecule has 2 aliphatic rings. The molecule has 1 saturated heterocycles. The number of rotatable bonds is 3.